The van der Waals surface area contributed by atoms with Gasteiger partial charge in [-0.15, -0.1) is 0 Å². The molecule has 0 spiro atoms. The molecule has 1 atom stereocenters. The highest BCUT2D eigenvalue weighted by atomic mass is 14.9. The van der Waals surface area contributed by atoms with Crippen LogP contribution in [0, 0.1) is 0 Å². The van der Waals surface area contributed by atoms with Crippen LogP contribution in [0.4, 0.5) is 5.69 Å². The number of aliphatic imine (C=N–C) groups is 1. The van der Waals surface area contributed by atoms with Crippen molar-refractivity contribution in [3.05, 3.63) is 30.3 Å². The second-order valence-corrected chi connectivity index (χ2v) is 3.00. The molecule has 0 aliphatic heterocycles. The van der Waals surface area contributed by atoms with E-state index >= 15 is 0 Å². The number of para-hydroxylation sites is 1. The Hall–Kier alpha value is -1.31. The predicted molar refractivity (Wildman–Crippen MR) is 58.6 cm³/mol. The van der Waals surface area contributed by atoms with E-state index in [4.69, 9.17) is 0 Å². The zero-order chi connectivity index (χ0) is 9.52. The summed E-state index contributed by atoms with van der Waals surface area (Å²) in [4.78, 5) is 4.25. The van der Waals surface area contributed by atoms with Crippen molar-refractivity contribution in [2.45, 2.75) is 19.9 Å². The molecule has 0 saturated carbocycles. The number of rotatable bonds is 4. The molecule has 0 aromatic heterocycles. The third-order valence-corrected chi connectivity index (χ3v) is 1.78. The molecule has 13 heavy (non-hydrogen) atoms. The minimum absolute atomic E-state index is 0.338. The number of hydrogen-bond donors (Lipinski definition) is 1. The predicted octanol–water partition coefficient (Wildman–Crippen LogP) is 2.58. The van der Waals surface area contributed by atoms with E-state index in [0.717, 1.165) is 12.2 Å². The minimum Gasteiger partial charge on any atom is -0.383 e. The van der Waals surface area contributed by atoms with Crippen molar-refractivity contribution in [1.82, 2.24) is 0 Å². The van der Waals surface area contributed by atoms with E-state index in [1.54, 1.807) is 0 Å². The normalized spacial score (nSPS) is 13.1. The van der Waals surface area contributed by atoms with Crippen LogP contribution in [0.15, 0.2) is 35.3 Å². The van der Waals surface area contributed by atoms with Crippen molar-refractivity contribution in [3.63, 3.8) is 0 Å². The fraction of sp³-hybridized carbons (Fsp3) is 0.364. The second-order valence-electron chi connectivity index (χ2n) is 3.00. The van der Waals surface area contributed by atoms with Crippen LogP contribution in [0.3, 0.4) is 0 Å². The molecule has 1 unspecified atom stereocenters. The number of nitrogens with one attached hydrogen (secondary N) is 1. The monoisotopic (exact) mass is 176 g/mol. The summed E-state index contributed by atoms with van der Waals surface area (Å²) in [6.07, 6.45) is 1.84. The Morgan fingerprint density at radius 3 is 2.69 bits per heavy atom. The Morgan fingerprint density at radius 2 is 2.08 bits per heavy atom. The second kappa shape index (κ2) is 5.36. The zero-order valence-electron chi connectivity index (χ0n) is 8.20. The van der Waals surface area contributed by atoms with Gasteiger partial charge in [-0.2, -0.15) is 0 Å². The van der Waals surface area contributed by atoms with Gasteiger partial charge in [-0.05, 0) is 32.2 Å². The van der Waals surface area contributed by atoms with Gasteiger partial charge in [0.25, 0.3) is 0 Å². The maximum atomic E-state index is 4.25. The fourth-order valence-corrected chi connectivity index (χ4v) is 1.13. The topological polar surface area (TPSA) is 24.4 Å². The standard InChI is InChI=1S/C11H16N2/c1-3-12-10(2)9-13-11-7-5-4-6-8-11/h3-8,10,13H,9H2,1-2H3. The maximum Gasteiger partial charge on any atom is 0.0639 e. The molecule has 0 bridgehead atoms. The van der Waals surface area contributed by atoms with Gasteiger partial charge in [-0.3, -0.25) is 4.99 Å². The van der Waals surface area contributed by atoms with Crippen LogP contribution in [0.25, 0.3) is 0 Å². The van der Waals surface area contributed by atoms with Gasteiger partial charge in [-0.1, -0.05) is 18.2 Å². The molecule has 0 aliphatic rings. The summed E-state index contributed by atoms with van der Waals surface area (Å²) in [7, 11) is 0. The summed E-state index contributed by atoms with van der Waals surface area (Å²) in [5.41, 5.74) is 1.15. The molecule has 2 nitrogen and oxygen atoms in total. The molecular formula is C11H16N2. The van der Waals surface area contributed by atoms with E-state index in [2.05, 4.69) is 29.4 Å². The van der Waals surface area contributed by atoms with Crippen LogP contribution in [-0.4, -0.2) is 18.8 Å². The smallest absolute Gasteiger partial charge is 0.0639 e. The van der Waals surface area contributed by atoms with Crippen molar-refractivity contribution >= 4 is 11.9 Å². The molecule has 0 aliphatic carbocycles. The Morgan fingerprint density at radius 1 is 1.38 bits per heavy atom. The van der Waals surface area contributed by atoms with Gasteiger partial charge in [0.05, 0.1) is 6.04 Å². The Balaban J connectivity index is 2.35. The summed E-state index contributed by atoms with van der Waals surface area (Å²) >= 11 is 0. The van der Waals surface area contributed by atoms with Gasteiger partial charge in [0.15, 0.2) is 0 Å². The lowest BCUT2D eigenvalue weighted by molar-refractivity contribution is 0.785. The summed E-state index contributed by atoms with van der Waals surface area (Å²) in [5.74, 6) is 0. The highest BCUT2D eigenvalue weighted by Crippen LogP contribution is 2.04. The number of benzene rings is 1. The Bertz CT molecular complexity index is 254. The van der Waals surface area contributed by atoms with Crippen LogP contribution in [0.2, 0.25) is 0 Å². The molecule has 0 amide bonds. The lowest BCUT2D eigenvalue weighted by Crippen LogP contribution is -2.14. The summed E-state index contributed by atoms with van der Waals surface area (Å²) in [6, 6.07) is 10.5. The average molecular weight is 176 g/mol. The molecule has 70 valence electrons. The van der Waals surface area contributed by atoms with Crippen molar-refractivity contribution < 1.29 is 0 Å². The number of nitrogens with zero attached hydrogens (tertiary/aromatic N) is 1. The summed E-state index contributed by atoms with van der Waals surface area (Å²) in [5, 5.41) is 3.32. The van der Waals surface area contributed by atoms with Gasteiger partial charge < -0.3 is 5.32 Å². The molecule has 1 N–H and O–H groups in total. The van der Waals surface area contributed by atoms with Crippen LogP contribution in [-0.2, 0) is 0 Å². The van der Waals surface area contributed by atoms with Crippen molar-refractivity contribution in [2.24, 2.45) is 4.99 Å². The molecule has 0 radical (unpaired) electrons. The van der Waals surface area contributed by atoms with Crippen LogP contribution < -0.4 is 5.32 Å². The molecule has 1 aromatic carbocycles. The van der Waals surface area contributed by atoms with E-state index in [9.17, 15) is 0 Å². The molecule has 0 heterocycles. The molecular weight excluding hydrogens is 160 g/mol. The highest BCUT2D eigenvalue weighted by Gasteiger charge is 1.95. The van der Waals surface area contributed by atoms with E-state index in [-0.39, 0.29) is 0 Å². The third kappa shape index (κ3) is 3.74. The largest absolute Gasteiger partial charge is 0.383 e. The highest BCUT2D eigenvalue weighted by molar-refractivity contribution is 5.53. The molecule has 2 heteroatoms. The fourth-order valence-electron chi connectivity index (χ4n) is 1.13. The quantitative estimate of drug-likeness (QED) is 0.700. The van der Waals surface area contributed by atoms with E-state index in [0.29, 0.717) is 6.04 Å². The first-order valence-electron chi connectivity index (χ1n) is 4.59. The SMILES string of the molecule is CC=NC(C)CNc1ccccc1. The lowest BCUT2D eigenvalue weighted by atomic mass is 10.3. The lowest BCUT2D eigenvalue weighted by Gasteiger charge is -2.08. The van der Waals surface area contributed by atoms with Crippen LogP contribution >= 0.6 is 0 Å². The van der Waals surface area contributed by atoms with Crippen LogP contribution in [0.5, 0.6) is 0 Å². The first-order valence-corrected chi connectivity index (χ1v) is 4.59. The van der Waals surface area contributed by atoms with Gasteiger partial charge in [0.1, 0.15) is 0 Å². The molecule has 0 saturated heterocycles. The van der Waals surface area contributed by atoms with E-state index < -0.39 is 0 Å². The van der Waals surface area contributed by atoms with Crippen LogP contribution in [0.1, 0.15) is 13.8 Å². The van der Waals surface area contributed by atoms with Gasteiger partial charge in [-0.25, -0.2) is 0 Å². The third-order valence-electron chi connectivity index (χ3n) is 1.78. The zero-order valence-corrected chi connectivity index (χ0v) is 8.20. The van der Waals surface area contributed by atoms with E-state index in [1.807, 2.05) is 31.3 Å². The first kappa shape index (κ1) is 9.78. The Kier molecular flexibility index (Phi) is 4.03. The molecule has 1 aromatic rings. The van der Waals surface area contributed by atoms with Crippen molar-refractivity contribution in [2.75, 3.05) is 11.9 Å². The minimum atomic E-state index is 0.338. The average Bonchev–Trinajstić information content (AvgIpc) is 2.17. The van der Waals surface area contributed by atoms with E-state index in [1.165, 1.54) is 0 Å². The molecule has 1 rings (SSSR count). The summed E-state index contributed by atoms with van der Waals surface area (Å²) in [6.45, 7) is 4.92. The molecule has 0 fully saturated rings. The van der Waals surface area contributed by atoms with Crippen molar-refractivity contribution in [3.8, 4) is 0 Å². The van der Waals surface area contributed by atoms with Gasteiger partial charge in [0, 0.05) is 12.2 Å². The Labute approximate surface area is 79.7 Å². The summed E-state index contributed by atoms with van der Waals surface area (Å²) < 4.78 is 0. The maximum absolute atomic E-state index is 4.25. The first-order chi connectivity index (χ1) is 6.33. The van der Waals surface area contributed by atoms with Gasteiger partial charge >= 0.3 is 0 Å². The van der Waals surface area contributed by atoms with Crippen molar-refractivity contribution in [1.29, 1.82) is 0 Å². The van der Waals surface area contributed by atoms with Gasteiger partial charge in [0.2, 0.25) is 0 Å². The number of anilines is 1. The number of hydrogen-bond acceptors (Lipinski definition) is 2.